The standard InChI is InChI=1S/C15H18O/c1-4-11(2)12-9-10-15(16-3)14-8-6-5-7-13(12)14/h5-11H,4H2,1-3H3. The van der Waals surface area contributed by atoms with Gasteiger partial charge in [0, 0.05) is 5.39 Å². The van der Waals surface area contributed by atoms with Gasteiger partial charge in [0.15, 0.2) is 0 Å². The second kappa shape index (κ2) is 4.56. The number of benzene rings is 2. The smallest absolute Gasteiger partial charge is 0.126 e. The Kier molecular flexibility index (Phi) is 3.14. The van der Waals surface area contributed by atoms with Gasteiger partial charge in [-0.05, 0) is 29.4 Å². The number of hydrogen-bond donors (Lipinski definition) is 0. The summed E-state index contributed by atoms with van der Waals surface area (Å²) in [5, 5.41) is 2.53. The summed E-state index contributed by atoms with van der Waals surface area (Å²) in [6, 6.07) is 12.7. The van der Waals surface area contributed by atoms with E-state index in [9.17, 15) is 0 Å². The van der Waals surface area contributed by atoms with Gasteiger partial charge in [0.1, 0.15) is 5.75 Å². The van der Waals surface area contributed by atoms with Gasteiger partial charge >= 0.3 is 0 Å². The summed E-state index contributed by atoms with van der Waals surface area (Å²) in [6.07, 6.45) is 1.16. The molecule has 0 bridgehead atoms. The predicted molar refractivity (Wildman–Crippen MR) is 69.2 cm³/mol. The molecule has 0 spiro atoms. The molecule has 0 aliphatic rings. The maximum atomic E-state index is 5.40. The fourth-order valence-corrected chi connectivity index (χ4v) is 2.12. The average molecular weight is 214 g/mol. The molecule has 0 saturated carbocycles. The van der Waals surface area contributed by atoms with Gasteiger partial charge in [0.2, 0.25) is 0 Å². The van der Waals surface area contributed by atoms with Crippen LogP contribution in [0.1, 0.15) is 31.7 Å². The van der Waals surface area contributed by atoms with Gasteiger partial charge in [-0.3, -0.25) is 0 Å². The van der Waals surface area contributed by atoms with Crippen molar-refractivity contribution in [1.82, 2.24) is 0 Å². The first-order valence-corrected chi connectivity index (χ1v) is 5.83. The lowest BCUT2D eigenvalue weighted by Crippen LogP contribution is -1.94. The highest BCUT2D eigenvalue weighted by Crippen LogP contribution is 2.33. The largest absolute Gasteiger partial charge is 0.496 e. The lowest BCUT2D eigenvalue weighted by Gasteiger charge is -2.14. The van der Waals surface area contributed by atoms with Crippen molar-refractivity contribution in [2.24, 2.45) is 0 Å². The van der Waals surface area contributed by atoms with Crippen LogP contribution in [0.5, 0.6) is 5.75 Å². The molecule has 2 aromatic carbocycles. The molecule has 0 N–H and O–H groups in total. The summed E-state index contributed by atoms with van der Waals surface area (Å²) < 4.78 is 5.40. The van der Waals surface area contributed by atoms with Crippen molar-refractivity contribution in [2.75, 3.05) is 7.11 Å². The number of ether oxygens (including phenoxy) is 1. The van der Waals surface area contributed by atoms with Crippen molar-refractivity contribution in [1.29, 1.82) is 0 Å². The quantitative estimate of drug-likeness (QED) is 0.737. The normalized spacial score (nSPS) is 12.7. The second-order valence-corrected chi connectivity index (χ2v) is 4.21. The van der Waals surface area contributed by atoms with Gasteiger partial charge in [0.05, 0.1) is 7.11 Å². The highest BCUT2D eigenvalue weighted by Gasteiger charge is 2.09. The summed E-state index contributed by atoms with van der Waals surface area (Å²) >= 11 is 0. The summed E-state index contributed by atoms with van der Waals surface area (Å²) in [7, 11) is 1.73. The summed E-state index contributed by atoms with van der Waals surface area (Å²) in [5.74, 6) is 1.55. The van der Waals surface area contributed by atoms with E-state index in [-0.39, 0.29) is 0 Å². The summed E-state index contributed by atoms with van der Waals surface area (Å²) in [6.45, 7) is 4.50. The second-order valence-electron chi connectivity index (χ2n) is 4.21. The third-order valence-electron chi connectivity index (χ3n) is 3.28. The molecule has 1 unspecified atom stereocenters. The molecule has 0 aromatic heterocycles. The first kappa shape index (κ1) is 11.0. The van der Waals surface area contributed by atoms with E-state index in [1.807, 2.05) is 0 Å². The van der Waals surface area contributed by atoms with E-state index in [0.717, 1.165) is 12.2 Å². The number of rotatable bonds is 3. The Morgan fingerprint density at radius 2 is 1.75 bits per heavy atom. The molecule has 0 amide bonds. The number of methoxy groups -OCH3 is 1. The summed E-state index contributed by atoms with van der Waals surface area (Å²) in [4.78, 5) is 0. The van der Waals surface area contributed by atoms with E-state index in [2.05, 4.69) is 50.2 Å². The van der Waals surface area contributed by atoms with E-state index in [1.54, 1.807) is 7.11 Å². The van der Waals surface area contributed by atoms with E-state index in [4.69, 9.17) is 4.74 Å². The molecular weight excluding hydrogens is 196 g/mol. The van der Waals surface area contributed by atoms with Crippen LogP contribution in [0.2, 0.25) is 0 Å². The van der Waals surface area contributed by atoms with Crippen LogP contribution in [0, 0.1) is 0 Å². The zero-order valence-electron chi connectivity index (χ0n) is 10.2. The van der Waals surface area contributed by atoms with Gasteiger partial charge in [0.25, 0.3) is 0 Å². The van der Waals surface area contributed by atoms with Crippen LogP contribution in [-0.2, 0) is 0 Å². The molecule has 0 aliphatic carbocycles. The first-order valence-electron chi connectivity index (χ1n) is 5.83. The van der Waals surface area contributed by atoms with Gasteiger partial charge in [-0.15, -0.1) is 0 Å². The highest BCUT2D eigenvalue weighted by molar-refractivity contribution is 5.91. The van der Waals surface area contributed by atoms with E-state index in [0.29, 0.717) is 5.92 Å². The maximum Gasteiger partial charge on any atom is 0.126 e. The minimum atomic E-state index is 0.593. The maximum absolute atomic E-state index is 5.40. The Bertz CT molecular complexity index is 488. The molecule has 1 nitrogen and oxygen atoms in total. The fraction of sp³-hybridized carbons (Fsp3) is 0.333. The van der Waals surface area contributed by atoms with Crippen LogP contribution in [-0.4, -0.2) is 7.11 Å². The van der Waals surface area contributed by atoms with Crippen LogP contribution in [0.3, 0.4) is 0 Å². The zero-order chi connectivity index (χ0) is 11.5. The SMILES string of the molecule is CCC(C)c1ccc(OC)c2ccccc12. The Hall–Kier alpha value is -1.50. The van der Waals surface area contributed by atoms with Crippen molar-refractivity contribution < 1.29 is 4.74 Å². The average Bonchev–Trinajstić information content (AvgIpc) is 2.36. The molecule has 1 heteroatoms. The van der Waals surface area contributed by atoms with Gasteiger partial charge in [-0.2, -0.15) is 0 Å². The number of fused-ring (bicyclic) bond motifs is 1. The zero-order valence-corrected chi connectivity index (χ0v) is 10.2. The Morgan fingerprint density at radius 3 is 2.38 bits per heavy atom. The van der Waals surface area contributed by atoms with Crippen molar-refractivity contribution >= 4 is 10.8 Å². The summed E-state index contributed by atoms with van der Waals surface area (Å²) in [5.41, 5.74) is 1.42. The van der Waals surface area contributed by atoms with Gasteiger partial charge in [-0.25, -0.2) is 0 Å². The molecular formula is C15H18O. The molecule has 16 heavy (non-hydrogen) atoms. The molecule has 0 aliphatic heterocycles. The molecule has 0 saturated heterocycles. The van der Waals surface area contributed by atoms with Gasteiger partial charge < -0.3 is 4.74 Å². The van der Waals surface area contributed by atoms with Crippen molar-refractivity contribution in [3.8, 4) is 5.75 Å². The third kappa shape index (κ3) is 1.78. The molecule has 0 fully saturated rings. The first-order chi connectivity index (χ1) is 7.77. The van der Waals surface area contributed by atoms with Gasteiger partial charge in [-0.1, -0.05) is 44.2 Å². The monoisotopic (exact) mass is 214 g/mol. The topological polar surface area (TPSA) is 9.23 Å². The molecule has 2 aromatic rings. The minimum Gasteiger partial charge on any atom is -0.496 e. The molecule has 84 valence electrons. The van der Waals surface area contributed by atoms with E-state index >= 15 is 0 Å². The Morgan fingerprint density at radius 1 is 1.06 bits per heavy atom. The lowest BCUT2D eigenvalue weighted by molar-refractivity contribution is 0.419. The predicted octanol–water partition coefficient (Wildman–Crippen LogP) is 4.36. The fourth-order valence-electron chi connectivity index (χ4n) is 2.12. The van der Waals surface area contributed by atoms with Crippen LogP contribution < -0.4 is 4.74 Å². The van der Waals surface area contributed by atoms with E-state index < -0.39 is 0 Å². The van der Waals surface area contributed by atoms with Crippen molar-refractivity contribution in [3.63, 3.8) is 0 Å². The lowest BCUT2D eigenvalue weighted by atomic mass is 9.93. The molecule has 0 heterocycles. The van der Waals surface area contributed by atoms with Crippen LogP contribution >= 0.6 is 0 Å². The van der Waals surface area contributed by atoms with Crippen molar-refractivity contribution in [3.05, 3.63) is 42.0 Å². The van der Waals surface area contributed by atoms with Crippen LogP contribution in [0.15, 0.2) is 36.4 Å². The molecule has 0 radical (unpaired) electrons. The minimum absolute atomic E-state index is 0.593. The molecule has 1 atom stereocenters. The Balaban J connectivity index is 2.69. The Labute approximate surface area is 97.1 Å². The third-order valence-corrected chi connectivity index (χ3v) is 3.28. The molecule has 2 rings (SSSR count). The van der Waals surface area contributed by atoms with Crippen molar-refractivity contribution in [2.45, 2.75) is 26.2 Å². The number of hydrogen-bond acceptors (Lipinski definition) is 1. The van der Waals surface area contributed by atoms with E-state index in [1.165, 1.54) is 16.3 Å². The highest BCUT2D eigenvalue weighted by atomic mass is 16.5. The van der Waals surface area contributed by atoms with Crippen LogP contribution in [0.4, 0.5) is 0 Å². The van der Waals surface area contributed by atoms with Crippen LogP contribution in [0.25, 0.3) is 10.8 Å².